The average molecular weight is 378 g/mol. The number of alkyl halides is 3. The molecule has 3 rings (SSSR count). The van der Waals surface area contributed by atoms with E-state index in [2.05, 4.69) is 4.98 Å². The molecule has 0 aliphatic heterocycles. The van der Waals surface area contributed by atoms with Crippen molar-refractivity contribution < 1.29 is 13.2 Å². The van der Waals surface area contributed by atoms with Crippen molar-refractivity contribution in [2.45, 2.75) is 13.1 Å². The Kier molecular flexibility index (Phi) is 4.77. The third-order valence-corrected chi connectivity index (χ3v) is 4.27. The van der Waals surface area contributed by atoms with E-state index in [0.29, 0.717) is 5.56 Å². The van der Waals surface area contributed by atoms with Crippen molar-refractivity contribution in [3.8, 4) is 34.5 Å². The van der Waals surface area contributed by atoms with Gasteiger partial charge in [-0.15, -0.1) is 0 Å². The number of nitrogen functional groups attached to an aromatic ring is 1. The molecule has 0 spiro atoms. The summed E-state index contributed by atoms with van der Waals surface area (Å²) in [5.74, 6) is -0.0908. The van der Waals surface area contributed by atoms with Gasteiger partial charge in [0.05, 0.1) is 16.8 Å². The molecule has 2 N–H and O–H groups in total. The second-order valence-electron chi connectivity index (χ2n) is 6.14. The number of hydrogen-bond donors (Lipinski definition) is 1. The second-order valence-corrected chi connectivity index (χ2v) is 6.14. The molecule has 1 heterocycles. The van der Waals surface area contributed by atoms with Crippen LogP contribution in [-0.2, 0) is 6.18 Å². The van der Waals surface area contributed by atoms with E-state index >= 15 is 0 Å². The van der Waals surface area contributed by atoms with Gasteiger partial charge in [0.2, 0.25) is 0 Å². The molecule has 0 bridgehead atoms. The Morgan fingerprint density at radius 2 is 1.39 bits per heavy atom. The largest absolute Gasteiger partial charge is 0.416 e. The zero-order chi connectivity index (χ0) is 20.5. The van der Waals surface area contributed by atoms with Gasteiger partial charge in [0.15, 0.2) is 0 Å². The number of hydrogen-bond acceptors (Lipinski definition) is 4. The lowest BCUT2D eigenvalue weighted by atomic mass is 9.92. The van der Waals surface area contributed by atoms with E-state index in [1.807, 2.05) is 31.2 Å². The minimum Gasteiger partial charge on any atom is -0.383 e. The smallest absolute Gasteiger partial charge is 0.383 e. The number of nitrogens with zero attached hydrogens (tertiary/aromatic N) is 3. The van der Waals surface area contributed by atoms with Crippen molar-refractivity contribution in [2.24, 2.45) is 0 Å². The van der Waals surface area contributed by atoms with Crippen molar-refractivity contribution in [3.05, 3.63) is 70.8 Å². The molecule has 0 fully saturated rings. The highest BCUT2D eigenvalue weighted by molar-refractivity contribution is 5.87. The molecule has 0 aliphatic carbocycles. The third-order valence-electron chi connectivity index (χ3n) is 4.27. The molecule has 3 aromatic rings. The summed E-state index contributed by atoms with van der Waals surface area (Å²) in [4.78, 5) is 4.21. The maximum atomic E-state index is 12.9. The Hall–Kier alpha value is -3.84. The predicted molar refractivity (Wildman–Crippen MR) is 98.7 cm³/mol. The van der Waals surface area contributed by atoms with Gasteiger partial charge in [0.25, 0.3) is 0 Å². The number of rotatable bonds is 2. The molecule has 0 saturated carbocycles. The summed E-state index contributed by atoms with van der Waals surface area (Å²) in [7, 11) is 0. The van der Waals surface area contributed by atoms with Gasteiger partial charge >= 0.3 is 6.18 Å². The number of halogens is 3. The van der Waals surface area contributed by atoms with Crippen LogP contribution in [0.15, 0.2) is 48.5 Å². The summed E-state index contributed by atoms with van der Waals surface area (Å²) in [5, 5.41) is 19.3. The van der Waals surface area contributed by atoms with Gasteiger partial charge in [-0.3, -0.25) is 0 Å². The van der Waals surface area contributed by atoms with Gasteiger partial charge in [-0.1, -0.05) is 42.0 Å². The second kappa shape index (κ2) is 7.05. The molecule has 0 amide bonds. The van der Waals surface area contributed by atoms with Crippen LogP contribution in [0.5, 0.6) is 0 Å². The molecule has 0 aliphatic rings. The fourth-order valence-corrected chi connectivity index (χ4v) is 2.86. The van der Waals surface area contributed by atoms with Crippen molar-refractivity contribution in [2.75, 3.05) is 5.73 Å². The predicted octanol–water partition coefficient (Wildman–Crippen LogP) is 5.07. The first-order valence-electron chi connectivity index (χ1n) is 8.14. The summed E-state index contributed by atoms with van der Waals surface area (Å²) >= 11 is 0. The maximum absolute atomic E-state index is 12.9. The van der Waals surface area contributed by atoms with E-state index < -0.39 is 11.7 Å². The number of pyridine rings is 1. The van der Waals surface area contributed by atoms with Gasteiger partial charge in [0, 0.05) is 11.1 Å². The van der Waals surface area contributed by atoms with Gasteiger partial charge < -0.3 is 5.73 Å². The SMILES string of the molecule is Cc1ccc(-c2nc(N)c(C#N)c(-c3ccc(C(F)(F)F)cc3)c2C#N)cc1. The van der Waals surface area contributed by atoms with E-state index in [9.17, 15) is 23.7 Å². The molecule has 2 aromatic carbocycles. The fourth-order valence-electron chi connectivity index (χ4n) is 2.86. The summed E-state index contributed by atoms with van der Waals surface area (Å²) < 4.78 is 38.6. The van der Waals surface area contributed by atoms with Gasteiger partial charge in [-0.2, -0.15) is 23.7 Å². The lowest BCUT2D eigenvalue weighted by Crippen LogP contribution is -2.06. The van der Waals surface area contributed by atoms with Crippen molar-refractivity contribution in [3.63, 3.8) is 0 Å². The van der Waals surface area contributed by atoms with Crippen molar-refractivity contribution >= 4 is 5.82 Å². The van der Waals surface area contributed by atoms with Crippen molar-refractivity contribution in [1.29, 1.82) is 10.5 Å². The zero-order valence-corrected chi connectivity index (χ0v) is 14.7. The molecule has 4 nitrogen and oxygen atoms in total. The molecule has 0 unspecified atom stereocenters. The monoisotopic (exact) mass is 378 g/mol. The van der Waals surface area contributed by atoms with Gasteiger partial charge in [-0.25, -0.2) is 4.98 Å². The number of anilines is 1. The number of aryl methyl sites for hydroxylation is 1. The first-order chi connectivity index (χ1) is 13.3. The number of nitriles is 2. The molecule has 28 heavy (non-hydrogen) atoms. The van der Waals surface area contributed by atoms with Gasteiger partial charge in [-0.05, 0) is 24.6 Å². The van der Waals surface area contributed by atoms with Crippen LogP contribution >= 0.6 is 0 Å². The van der Waals surface area contributed by atoms with E-state index in [1.54, 1.807) is 12.1 Å². The van der Waals surface area contributed by atoms with E-state index in [0.717, 1.165) is 17.7 Å². The zero-order valence-electron chi connectivity index (χ0n) is 14.7. The van der Waals surface area contributed by atoms with Crippen LogP contribution in [0.1, 0.15) is 22.3 Å². The van der Waals surface area contributed by atoms with Crippen LogP contribution in [-0.4, -0.2) is 4.98 Å². The van der Waals surface area contributed by atoms with Crippen LogP contribution in [0.25, 0.3) is 22.4 Å². The molecular weight excluding hydrogens is 365 g/mol. The van der Waals surface area contributed by atoms with Crippen LogP contribution in [0.2, 0.25) is 0 Å². The standard InChI is InChI=1S/C21H13F3N4/c1-12-2-4-14(5-3-12)19-16(10-25)18(17(11-26)20(27)28-19)13-6-8-15(9-7-13)21(22,23)24/h2-9H,1H3,(H2,27,28). The van der Waals surface area contributed by atoms with Crippen LogP contribution in [0, 0.1) is 29.6 Å². The molecular formula is C21H13F3N4. The van der Waals surface area contributed by atoms with Crippen molar-refractivity contribution in [1.82, 2.24) is 4.98 Å². The number of aromatic nitrogens is 1. The highest BCUT2D eigenvalue weighted by atomic mass is 19.4. The molecule has 1 aromatic heterocycles. The Morgan fingerprint density at radius 3 is 1.89 bits per heavy atom. The molecule has 0 atom stereocenters. The summed E-state index contributed by atoms with van der Waals surface area (Å²) in [6.07, 6.45) is -4.49. The minimum atomic E-state index is -4.49. The molecule has 7 heteroatoms. The van der Waals surface area contributed by atoms with Crippen LogP contribution < -0.4 is 5.73 Å². The molecule has 0 radical (unpaired) electrons. The summed E-state index contributed by atoms with van der Waals surface area (Å²) in [5.41, 5.74) is 7.49. The van der Waals surface area contributed by atoms with Gasteiger partial charge in [0.1, 0.15) is 23.5 Å². The highest BCUT2D eigenvalue weighted by Gasteiger charge is 2.30. The fraction of sp³-hybridized carbons (Fsp3) is 0.0952. The topological polar surface area (TPSA) is 86.5 Å². The van der Waals surface area contributed by atoms with E-state index in [1.165, 1.54) is 12.1 Å². The summed E-state index contributed by atoms with van der Waals surface area (Å²) in [6.45, 7) is 1.91. The Bertz CT molecular complexity index is 1120. The average Bonchev–Trinajstić information content (AvgIpc) is 2.67. The summed E-state index contributed by atoms with van der Waals surface area (Å²) in [6, 6.07) is 15.4. The first kappa shape index (κ1) is 18.9. The highest BCUT2D eigenvalue weighted by Crippen LogP contribution is 2.37. The quantitative estimate of drug-likeness (QED) is 0.675. The van der Waals surface area contributed by atoms with E-state index in [4.69, 9.17) is 5.73 Å². The molecule has 138 valence electrons. The van der Waals surface area contributed by atoms with Crippen LogP contribution in [0.4, 0.5) is 19.0 Å². The first-order valence-corrected chi connectivity index (χ1v) is 8.14. The number of benzene rings is 2. The minimum absolute atomic E-state index is 0.0489. The Morgan fingerprint density at radius 1 is 0.857 bits per heavy atom. The lowest BCUT2D eigenvalue weighted by molar-refractivity contribution is -0.137. The molecule has 0 saturated heterocycles. The van der Waals surface area contributed by atoms with Crippen LogP contribution in [0.3, 0.4) is 0 Å². The Balaban J connectivity index is 2.29. The lowest BCUT2D eigenvalue weighted by Gasteiger charge is -2.14. The third kappa shape index (κ3) is 3.38. The maximum Gasteiger partial charge on any atom is 0.416 e. The normalized spacial score (nSPS) is 10.9. The number of nitrogens with two attached hydrogens (primary N) is 1. The Labute approximate surface area is 159 Å². The van der Waals surface area contributed by atoms with E-state index in [-0.39, 0.29) is 33.8 Å².